The predicted octanol–water partition coefficient (Wildman–Crippen LogP) is -0.121. The van der Waals surface area contributed by atoms with Gasteiger partial charge in [0.05, 0.1) is 5.60 Å². The summed E-state index contributed by atoms with van der Waals surface area (Å²) in [5.41, 5.74) is -0.605. The summed E-state index contributed by atoms with van der Waals surface area (Å²) in [7, 11) is 1.85. The van der Waals surface area contributed by atoms with Crippen molar-refractivity contribution in [2.75, 3.05) is 39.8 Å². The summed E-state index contributed by atoms with van der Waals surface area (Å²) in [5.74, 6) is 0. The first-order chi connectivity index (χ1) is 6.92. The molecule has 0 saturated carbocycles. The first kappa shape index (κ1) is 12.7. The molecule has 5 heteroatoms. The molecule has 0 aromatic rings. The molecule has 4 nitrogen and oxygen atoms in total. The Bertz CT molecular complexity index is 219. The monoisotopic (exact) mass is 231 g/mol. The van der Waals surface area contributed by atoms with Gasteiger partial charge in [0, 0.05) is 39.8 Å². The van der Waals surface area contributed by atoms with E-state index < -0.39 is 5.60 Å². The van der Waals surface area contributed by atoms with E-state index >= 15 is 0 Å². The van der Waals surface area contributed by atoms with Gasteiger partial charge < -0.3 is 15.3 Å². The third-order valence-corrected chi connectivity index (χ3v) is 2.95. The fourth-order valence-corrected chi connectivity index (χ4v) is 2.00. The van der Waals surface area contributed by atoms with Crippen molar-refractivity contribution in [1.29, 1.82) is 0 Å². The Morgan fingerprint density at radius 1 is 1.33 bits per heavy atom. The highest BCUT2D eigenvalue weighted by molar-refractivity contribution is 7.80. The van der Waals surface area contributed by atoms with Gasteiger partial charge in [-0.25, -0.2) is 0 Å². The minimum absolute atomic E-state index is 0.605. The van der Waals surface area contributed by atoms with Crippen LogP contribution in [0.25, 0.3) is 0 Å². The Morgan fingerprint density at radius 3 is 2.27 bits per heavy atom. The molecule has 1 heterocycles. The van der Waals surface area contributed by atoms with E-state index in [2.05, 4.69) is 15.1 Å². The molecule has 0 aromatic carbocycles. The van der Waals surface area contributed by atoms with Gasteiger partial charge in [-0.15, -0.1) is 0 Å². The first-order valence-corrected chi connectivity index (χ1v) is 5.74. The van der Waals surface area contributed by atoms with Gasteiger partial charge in [-0.2, -0.15) is 0 Å². The SMILES string of the molecule is CNC(=S)N1CCN(CC(C)(C)O)CC1. The maximum Gasteiger partial charge on any atom is 0.168 e. The normalized spacial score (nSPS) is 19.1. The van der Waals surface area contributed by atoms with E-state index in [1.807, 2.05) is 20.9 Å². The number of thiocarbonyl (C=S) groups is 1. The van der Waals surface area contributed by atoms with Crippen LogP contribution in [0.2, 0.25) is 0 Å². The molecule has 0 atom stereocenters. The molecule has 0 aliphatic carbocycles. The average molecular weight is 231 g/mol. The fraction of sp³-hybridized carbons (Fsp3) is 0.900. The van der Waals surface area contributed by atoms with Crippen LogP contribution in [0.1, 0.15) is 13.8 Å². The summed E-state index contributed by atoms with van der Waals surface area (Å²) < 4.78 is 0. The third-order valence-electron chi connectivity index (χ3n) is 2.48. The van der Waals surface area contributed by atoms with Crippen LogP contribution in [0.3, 0.4) is 0 Å². The molecule has 1 rings (SSSR count). The molecule has 0 unspecified atom stereocenters. The maximum absolute atomic E-state index is 9.70. The summed E-state index contributed by atoms with van der Waals surface area (Å²) in [5, 5.41) is 13.5. The van der Waals surface area contributed by atoms with Crippen molar-refractivity contribution in [3.8, 4) is 0 Å². The highest BCUT2D eigenvalue weighted by Gasteiger charge is 2.23. The second-order valence-corrected chi connectivity index (χ2v) is 5.02. The lowest BCUT2D eigenvalue weighted by Crippen LogP contribution is -2.53. The van der Waals surface area contributed by atoms with E-state index in [9.17, 15) is 5.11 Å². The molecular weight excluding hydrogens is 210 g/mol. The van der Waals surface area contributed by atoms with Crippen molar-refractivity contribution in [3.05, 3.63) is 0 Å². The van der Waals surface area contributed by atoms with Crippen molar-refractivity contribution in [1.82, 2.24) is 15.1 Å². The number of piperazine rings is 1. The van der Waals surface area contributed by atoms with Crippen LogP contribution in [0.4, 0.5) is 0 Å². The van der Waals surface area contributed by atoms with Gasteiger partial charge in [0.25, 0.3) is 0 Å². The van der Waals surface area contributed by atoms with E-state index in [1.54, 1.807) is 0 Å². The number of β-amino-alcohol motifs (C(OH)–C–C–N with tert-alkyl or cyclic N) is 1. The van der Waals surface area contributed by atoms with Crippen LogP contribution >= 0.6 is 12.2 Å². The Morgan fingerprint density at radius 2 is 1.87 bits per heavy atom. The van der Waals surface area contributed by atoms with Crippen molar-refractivity contribution < 1.29 is 5.11 Å². The van der Waals surface area contributed by atoms with Gasteiger partial charge in [-0.05, 0) is 26.1 Å². The summed E-state index contributed by atoms with van der Waals surface area (Å²) in [6.45, 7) is 8.23. The molecule has 1 aliphatic rings. The van der Waals surface area contributed by atoms with Crippen LogP contribution in [0, 0.1) is 0 Å². The molecule has 0 aromatic heterocycles. The van der Waals surface area contributed by atoms with Crippen molar-refractivity contribution in [2.45, 2.75) is 19.4 Å². The zero-order valence-electron chi connectivity index (χ0n) is 9.79. The fourth-order valence-electron chi connectivity index (χ4n) is 1.81. The second-order valence-electron chi connectivity index (χ2n) is 4.63. The summed E-state index contributed by atoms with van der Waals surface area (Å²) in [4.78, 5) is 4.44. The number of hydrogen-bond acceptors (Lipinski definition) is 3. The Balaban J connectivity index is 2.33. The zero-order chi connectivity index (χ0) is 11.5. The molecular formula is C10H21N3OS. The third kappa shape index (κ3) is 4.32. The van der Waals surface area contributed by atoms with Crippen LogP contribution in [0.15, 0.2) is 0 Å². The number of nitrogens with one attached hydrogen (secondary N) is 1. The highest BCUT2D eigenvalue weighted by atomic mass is 32.1. The van der Waals surface area contributed by atoms with Gasteiger partial charge in [0.2, 0.25) is 0 Å². The van der Waals surface area contributed by atoms with Crippen molar-refractivity contribution in [3.63, 3.8) is 0 Å². The van der Waals surface area contributed by atoms with Crippen LogP contribution in [-0.4, -0.2) is 65.4 Å². The van der Waals surface area contributed by atoms with E-state index in [1.165, 1.54) is 0 Å². The van der Waals surface area contributed by atoms with Crippen molar-refractivity contribution in [2.24, 2.45) is 0 Å². The summed E-state index contributed by atoms with van der Waals surface area (Å²) in [6, 6.07) is 0. The topological polar surface area (TPSA) is 38.7 Å². The molecule has 0 bridgehead atoms. The maximum atomic E-state index is 9.70. The molecule has 15 heavy (non-hydrogen) atoms. The lowest BCUT2D eigenvalue weighted by molar-refractivity contribution is 0.0251. The molecule has 88 valence electrons. The van der Waals surface area contributed by atoms with E-state index in [0.29, 0.717) is 0 Å². The molecule has 2 N–H and O–H groups in total. The number of hydrogen-bond donors (Lipinski definition) is 2. The smallest absolute Gasteiger partial charge is 0.168 e. The molecule has 1 saturated heterocycles. The average Bonchev–Trinajstić information content (AvgIpc) is 2.15. The number of nitrogens with zero attached hydrogens (tertiary/aromatic N) is 2. The quantitative estimate of drug-likeness (QED) is 0.648. The zero-order valence-corrected chi connectivity index (χ0v) is 10.6. The lowest BCUT2D eigenvalue weighted by atomic mass is 10.1. The van der Waals surface area contributed by atoms with Crippen molar-refractivity contribution >= 4 is 17.3 Å². The Labute approximate surface area is 97.2 Å². The van der Waals surface area contributed by atoms with Gasteiger partial charge >= 0.3 is 0 Å². The molecule has 0 radical (unpaired) electrons. The van der Waals surface area contributed by atoms with Crippen LogP contribution < -0.4 is 5.32 Å². The molecule has 1 fully saturated rings. The second kappa shape index (κ2) is 5.09. The first-order valence-electron chi connectivity index (χ1n) is 5.34. The molecule has 0 amide bonds. The van der Waals surface area contributed by atoms with Gasteiger partial charge in [0.1, 0.15) is 0 Å². The minimum atomic E-state index is -0.605. The summed E-state index contributed by atoms with van der Waals surface area (Å²) >= 11 is 5.17. The minimum Gasteiger partial charge on any atom is -0.389 e. The predicted molar refractivity (Wildman–Crippen MR) is 66.0 cm³/mol. The van der Waals surface area contributed by atoms with E-state index in [4.69, 9.17) is 12.2 Å². The largest absolute Gasteiger partial charge is 0.389 e. The number of rotatable bonds is 2. The Kier molecular flexibility index (Phi) is 4.31. The highest BCUT2D eigenvalue weighted by Crippen LogP contribution is 2.08. The van der Waals surface area contributed by atoms with Crippen LogP contribution in [-0.2, 0) is 0 Å². The molecule has 1 aliphatic heterocycles. The van der Waals surface area contributed by atoms with E-state index in [0.717, 1.165) is 37.8 Å². The van der Waals surface area contributed by atoms with Crippen LogP contribution in [0.5, 0.6) is 0 Å². The molecule has 0 spiro atoms. The standard InChI is InChI=1S/C10H21N3OS/c1-10(2,14)8-12-4-6-13(7-5-12)9(15)11-3/h14H,4-8H2,1-3H3,(H,11,15). The summed E-state index contributed by atoms with van der Waals surface area (Å²) in [6.07, 6.45) is 0. The Hall–Kier alpha value is -0.390. The van der Waals surface area contributed by atoms with Gasteiger partial charge in [0.15, 0.2) is 5.11 Å². The lowest BCUT2D eigenvalue weighted by Gasteiger charge is -2.38. The van der Waals surface area contributed by atoms with E-state index in [-0.39, 0.29) is 0 Å². The number of aliphatic hydroxyl groups is 1. The van der Waals surface area contributed by atoms with Gasteiger partial charge in [-0.3, -0.25) is 4.90 Å². The van der Waals surface area contributed by atoms with Gasteiger partial charge in [-0.1, -0.05) is 0 Å².